The Bertz CT molecular complexity index is 850. The molecule has 1 saturated carbocycles. The minimum atomic E-state index is 0.441. The zero-order valence-corrected chi connectivity index (χ0v) is 12.0. The summed E-state index contributed by atoms with van der Waals surface area (Å²) in [6.07, 6.45) is 5.67. The maximum Gasteiger partial charge on any atom is 0.162 e. The molecule has 0 amide bonds. The van der Waals surface area contributed by atoms with Crippen LogP contribution in [0.1, 0.15) is 24.6 Å². The molecule has 0 unspecified atom stereocenters. The average Bonchev–Trinajstić information content (AvgIpc) is 3.28. The van der Waals surface area contributed by atoms with E-state index in [0.717, 1.165) is 41.1 Å². The van der Waals surface area contributed by atoms with Crippen molar-refractivity contribution < 1.29 is 0 Å². The molecule has 3 aromatic rings. The largest absolute Gasteiger partial charge is 0.305 e. The SMILES string of the molecule is C=Cc1cc(-c2nc3ccc(Cl)nc3n2C2CC2)cnn1. The lowest BCUT2D eigenvalue weighted by atomic mass is 10.2. The Morgan fingerprint density at radius 3 is 2.90 bits per heavy atom. The predicted octanol–water partition coefficient (Wildman–Crippen LogP) is 3.52. The van der Waals surface area contributed by atoms with Crippen LogP contribution in [0.5, 0.6) is 0 Å². The van der Waals surface area contributed by atoms with Crippen molar-refractivity contribution in [2.24, 2.45) is 0 Å². The van der Waals surface area contributed by atoms with E-state index in [0.29, 0.717) is 11.2 Å². The van der Waals surface area contributed by atoms with Gasteiger partial charge in [-0.3, -0.25) is 0 Å². The number of hydrogen-bond acceptors (Lipinski definition) is 4. The normalized spacial score (nSPS) is 14.5. The first-order chi connectivity index (χ1) is 10.3. The smallest absolute Gasteiger partial charge is 0.162 e. The number of rotatable bonds is 3. The Morgan fingerprint density at radius 1 is 1.29 bits per heavy atom. The Labute approximate surface area is 126 Å². The van der Waals surface area contributed by atoms with Crippen LogP contribution in [0.4, 0.5) is 0 Å². The van der Waals surface area contributed by atoms with E-state index in [9.17, 15) is 0 Å². The summed E-state index contributed by atoms with van der Waals surface area (Å²) in [7, 11) is 0. The zero-order valence-electron chi connectivity index (χ0n) is 11.2. The third kappa shape index (κ3) is 2.10. The molecule has 3 heterocycles. The first kappa shape index (κ1) is 12.5. The zero-order chi connectivity index (χ0) is 14.4. The van der Waals surface area contributed by atoms with Crippen LogP contribution >= 0.6 is 11.6 Å². The second-order valence-corrected chi connectivity index (χ2v) is 5.47. The lowest BCUT2D eigenvalue weighted by Crippen LogP contribution is -2.00. The van der Waals surface area contributed by atoms with Crippen molar-refractivity contribution >= 4 is 28.8 Å². The number of hydrogen-bond donors (Lipinski definition) is 0. The summed E-state index contributed by atoms with van der Waals surface area (Å²) in [5.41, 5.74) is 3.32. The molecule has 1 aliphatic carbocycles. The fraction of sp³-hybridized carbons (Fsp3) is 0.200. The van der Waals surface area contributed by atoms with Crippen molar-refractivity contribution in [1.82, 2.24) is 24.7 Å². The van der Waals surface area contributed by atoms with Gasteiger partial charge in [-0.1, -0.05) is 18.2 Å². The van der Waals surface area contributed by atoms with Crippen LogP contribution < -0.4 is 0 Å². The third-order valence-corrected chi connectivity index (χ3v) is 3.77. The van der Waals surface area contributed by atoms with E-state index in [4.69, 9.17) is 16.6 Å². The predicted molar refractivity (Wildman–Crippen MR) is 81.9 cm³/mol. The summed E-state index contributed by atoms with van der Waals surface area (Å²) in [6.45, 7) is 3.73. The van der Waals surface area contributed by atoms with Gasteiger partial charge in [0.05, 0.1) is 11.9 Å². The Morgan fingerprint density at radius 2 is 2.14 bits per heavy atom. The van der Waals surface area contributed by atoms with E-state index in [1.165, 1.54) is 0 Å². The van der Waals surface area contributed by atoms with Gasteiger partial charge in [-0.05, 0) is 37.1 Å². The highest BCUT2D eigenvalue weighted by Crippen LogP contribution is 2.40. The van der Waals surface area contributed by atoms with Gasteiger partial charge in [-0.2, -0.15) is 10.2 Å². The number of pyridine rings is 1. The van der Waals surface area contributed by atoms with Crippen LogP contribution in [-0.2, 0) is 0 Å². The number of imidazole rings is 1. The van der Waals surface area contributed by atoms with Crippen LogP contribution in [-0.4, -0.2) is 24.7 Å². The standard InChI is InChI=1S/C15H12ClN5/c1-2-10-7-9(8-17-20-10)14-18-12-5-6-13(16)19-15(12)21(14)11-3-4-11/h2,5-8,11H,1,3-4H2. The lowest BCUT2D eigenvalue weighted by Gasteiger charge is -2.07. The van der Waals surface area contributed by atoms with Crippen LogP contribution in [0.15, 0.2) is 31.0 Å². The molecule has 104 valence electrons. The maximum atomic E-state index is 6.03. The fourth-order valence-corrected chi connectivity index (χ4v) is 2.58. The van der Waals surface area contributed by atoms with E-state index in [1.807, 2.05) is 12.1 Å². The molecule has 0 bridgehead atoms. The molecule has 0 radical (unpaired) electrons. The summed E-state index contributed by atoms with van der Waals surface area (Å²) in [6, 6.07) is 6.03. The number of fused-ring (bicyclic) bond motifs is 1. The van der Waals surface area contributed by atoms with E-state index >= 15 is 0 Å². The highest BCUT2D eigenvalue weighted by molar-refractivity contribution is 6.29. The van der Waals surface area contributed by atoms with Crippen molar-refractivity contribution in [3.8, 4) is 11.4 Å². The van der Waals surface area contributed by atoms with Gasteiger partial charge in [0.25, 0.3) is 0 Å². The van der Waals surface area contributed by atoms with Crippen LogP contribution in [0.25, 0.3) is 28.6 Å². The summed E-state index contributed by atoms with van der Waals surface area (Å²) in [5, 5.41) is 8.50. The monoisotopic (exact) mass is 297 g/mol. The molecule has 1 aliphatic rings. The topological polar surface area (TPSA) is 56.5 Å². The van der Waals surface area contributed by atoms with Gasteiger partial charge in [-0.15, -0.1) is 0 Å². The first-order valence-electron chi connectivity index (χ1n) is 6.76. The number of aromatic nitrogens is 5. The summed E-state index contributed by atoms with van der Waals surface area (Å²) in [5.74, 6) is 0.861. The molecule has 0 atom stereocenters. The fourth-order valence-electron chi connectivity index (χ4n) is 2.44. The average molecular weight is 298 g/mol. The van der Waals surface area contributed by atoms with Crippen LogP contribution in [0.2, 0.25) is 5.15 Å². The van der Waals surface area contributed by atoms with Gasteiger partial charge >= 0.3 is 0 Å². The van der Waals surface area contributed by atoms with Gasteiger partial charge in [0.1, 0.15) is 16.5 Å². The van der Waals surface area contributed by atoms with Crippen LogP contribution in [0.3, 0.4) is 0 Å². The molecule has 3 aromatic heterocycles. The third-order valence-electron chi connectivity index (χ3n) is 3.56. The summed E-state index contributed by atoms with van der Waals surface area (Å²) in [4.78, 5) is 9.14. The van der Waals surface area contributed by atoms with Crippen molar-refractivity contribution in [2.45, 2.75) is 18.9 Å². The highest BCUT2D eigenvalue weighted by Gasteiger charge is 2.29. The highest BCUT2D eigenvalue weighted by atomic mass is 35.5. The van der Waals surface area contributed by atoms with E-state index in [1.54, 1.807) is 18.3 Å². The molecule has 6 heteroatoms. The Kier molecular flexibility index (Phi) is 2.75. The quantitative estimate of drug-likeness (QED) is 0.694. The molecule has 0 saturated heterocycles. The minimum Gasteiger partial charge on any atom is -0.305 e. The summed E-state index contributed by atoms with van der Waals surface area (Å²) >= 11 is 6.03. The molecule has 0 aliphatic heterocycles. The van der Waals surface area contributed by atoms with Crippen molar-refractivity contribution in [3.05, 3.63) is 41.8 Å². The van der Waals surface area contributed by atoms with Gasteiger partial charge in [0.2, 0.25) is 0 Å². The van der Waals surface area contributed by atoms with Crippen molar-refractivity contribution in [1.29, 1.82) is 0 Å². The molecular formula is C15H12ClN5. The Hall–Kier alpha value is -2.27. The molecule has 0 aromatic carbocycles. The number of halogens is 1. The van der Waals surface area contributed by atoms with E-state index < -0.39 is 0 Å². The van der Waals surface area contributed by atoms with E-state index in [2.05, 4.69) is 26.3 Å². The molecule has 0 spiro atoms. The van der Waals surface area contributed by atoms with E-state index in [-0.39, 0.29) is 0 Å². The Balaban J connectivity index is 1.99. The lowest BCUT2D eigenvalue weighted by molar-refractivity contribution is 0.765. The first-order valence-corrected chi connectivity index (χ1v) is 7.14. The second kappa shape index (κ2) is 4.63. The second-order valence-electron chi connectivity index (χ2n) is 5.09. The molecule has 0 N–H and O–H groups in total. The van der Waals surface area contributed by atoms with Crippen LogP contribution in [0, 0.1) is 0 Å². The maximum absolute atomic E-state index is 6.03. The minimum absolute atomic E-state index is 0.441. The molecule has 1 fully saturated rings. The molecule has 4 rings (SSSR count). The van der Waals surface area contributed by atoms with Gasteiger partial charge in [-0.25, -0.2) is 9.97 Å². The van der Waals surface area contributed by atoms with Gasteiger partial charge < -0.3 is 4.57 Å². The van der Waals surface area contributed by atoms with Crippen molar-refractivity contribution in [3.63, 3.8) is 0 Å². The van der Waals surface area contributed by atoms with Gasteiger partial charge in [0.15, 0.2) is 5.65 Å². The molecule has 5 nitrogen and oxygen atoms in total. The van der Waals surface area contributed by atoms with Gasteiger partial charge in [0, 0.05) is 11.6 Å². The molecule has 21 heavy (non-hydrogen) atoms. The summed E-state index contributed by atoms with van der Waals surface area (Å²) < 4.78 is 2.16. The van der Waals surface area contributed by atoms with Crippen molar-refractivity contribution in [2.75, 3.05) is 0 Å². The molecular weight excluding hydrogens is 286 g/mol. The number of nitrogens with zero attached hydrogens (tertiary/aromatic N) is 5.